The van der Waals surface area contributed by atoms with Crippen LogP contribution in [0.5, 0.6) is 5.75 Å². The van der Waals surface area contributed by atoms with Crippen LogP contribution in [0.2, 0.25) is 0 Å². The normalized spacial score (nSPS) is 16.3. The Kier molecular flexibility index (Phi) is 5.94. The van der Waals surface area contributed by atoms with Gasteiger partial charge in [-0.25, -0.2) is 4.98 Å². The molecule has 0 saturated carbocycles. The fourth-order valence-corrected chi connectivity index (χ4v) is 4.81. The van der Waals surface area contributed by atoms with Gasteiger partial charge in [0.1, 0.15) is 10.8 Å². The number of hydrogen-bond acceptors (Lipinski definition) is 5. The molecule has 0 bridgehead atoms. The molecular weight excluding hydrogens is 438 g/mol. The van der Waals surface area contributed by atoms with E-state index in [-0.39, 0.29) is 18.6 Å². The van der Waals surface area contributed by atoms with Crippen LogP contribution in [0.15, 0.2) is 53.0 Å². The monoisotopic (exact) mass is 459 g/mol. The molecule has 4 rings (SSSR count). The Morgan fingerprint density at radius 2 is 1.96 bits per heavy atom. The van der Waals surface area contributed by atoms with E-state index in [1.807, 2.05) is 35.2 Å². The van der Waals surface area contributed by atoms with Gasteiger partial charge in [-0.05, 0) is 37.3 Å². The van der Waals surface area contributed by atoms with Crippen molar-refractivity contribution in [3.8, 4) is 5.75 Å². The Bertz CT molecular complexity index is 936. The Labute approximate surface area is 177 Å². The first-order valence-electron chi connectivity index (χ1n) is 9.36. The zero-order valence-electron chi connectivity index (χ0n) is 15.7. The minimum Gasteiger partial charge on any atom is -0.484 e. The fraction of sp³-hybridized carbons (Fsp3) is 0.333. The predicted octanol–water partition coefficient (Wildman–Crippen LogP) is 4.34. The summed E-state index contributed by atoms with van der Waals surface area (Å²) in [5, 5.41) is 1.14. The zero-order chi connectivity index (χ0) is 19.5. The van der Waals surface area contributed by atoms with E-state index < -0.39 is 0 Å². The van der Waals surface area contributed by atoms with Gasteiger partial charge in [0.2, 0.25) is 0 Å². The molecule has 0 radical (unpaired) electrons. The first-order chi connectivity index (χ1) is 13.6. The maximum absolute atomic E-state index is 12.5. The van der Waals surface area contributed by atoms with E-state index >= 15 is 0 Å². The Balaban J connectivity index is 1.30. The van der Waals surface area contributed by atoms with Crippen molar-refractivity contribution in [3.05, 3.63) is 58.0 Å². The summed E-state index contributed by atoms with van der Waals surface area (Å²) in [5.74, 6) is 0.734. The first-order valence-corrected chi connectivity index (χ1v) is 11.0. The summed E-state index contributed by atoms with van der Waals surface area (Å²) in [6.45, 7) is 5.40. The van der Waals surface area contributed by atoms with Crippen LogP contribution in [0, 0.1) is 0 Å². The molecule has 3 aromatic rings. The van der Waals surface area contributed by atoms with Crippen molar-refractivity contribution in [2.75, 3.05) is 32.8 Å². The molecule has 1 aliphatic heterocycles. The highest BCUT2D eigenvalue weighted by molar-refractivity contribution is 9.10. The molecule has 2 heterocycles. The summed E-state index contributed by atoms with van der Waals surface area (Å²) >= 11 is 5.17. The maximum Gasteiger partial charge on any atom is 0.260 e. The molecule has 1 amide bonds. The number of amides is 1. The standard InChI is InChI=1S/C21H22BrN3O2S/c1-15(21-23-18-7-2-3-8-19(18)28-21)24-9-11-25(12-10-24)20(26)14-27-17-6-4-5-16(22)13-17/h2-8,13,15H,9-12,14H2,1H3. The molecule has 146 valence electrons. The van der Waals surface area contributed by atoms with E-state index in [1.165, 1.54) is 4.70 Å². The Hall–Kier alpha value is -1.96. The minimum absolute atomic E-state index is 0.0345. The van der Waals surface area contributed by atoms with Crippen molar-refractivity contribution in [2.45, 2.75) is 13.0 Å². The first kappa shape index (κ1) is 19.4. The van der Waals surface area contributed by atoms with Gasteiger partial charge >= 0.3 is 0 Å². The summed E-state index contributed by atoms with van der Waals surface area (Å²) in [6.07, 6.45) is 0. The molecule has 5 nitrogen and oxygen atoms in total. The number of hydrogen-bond donors (Lipinski definition) is 0. The van der Waals surface area contributed by atoms with Crippen LogP contribution >= 0.6 is 27.3 Å². The van der Waals surface area contributed by atoms with Crippen LogP contribution in [0.4, 0.5) is 0 Å². The molecule has 1 aliphatic rings. The van der Waals surface area contributed by atoms with Crippen molar-refractivity contribution < 1.29 is 9.53 Å². The van der Waals surface area contributed by atoms with E-state index in [4.69, 9.17) is 9.72 Å². The number of ether oxygens (including phenoxy) is 1. The second-order valence-electron chi connectivity index (χ2n) is 6.86. The molecule has 0 spiro atoms. The van der Waals surface area contributed by atoms with Gasteiger partial charge in [0.05, 0.1) is 16.3 Å². The topological polar surface area (TPSA) is 45.7 Å². The molecule has 1 aromatic heterocycles. The average molecular weight is 460 g/mol. The lowest BCUT2D eigenvalue weighted by Crippen LogP contribution is -2.50. The summed E-state index contributed by atoms with van der Waals surface area (Å²) in [7, 11) is 0. The van der Waals surface area contributed by atoms with Gasteiger partial charge in [0.25, 0.3) is 5.91 Å². The number of piperazine rings is 1. The number of nitrogens with zero attached hydrogens (tertiary/aromatic N) is 3. The van der Waals surface area contributed by atoms with E-state index in [1.54, 1.807) is 11.3 Å². The van der Waals surface area contributed by atoms with Gasteiger partial charge in [-0.15, -0.1) is 11.3 Å². The predicted molar refractivity (Wildman–Crippen MR) is 116 cm³/mol. The highest BCUT2D eigenvalue weighted by atomic mass is 79.9. The highest BCUT2D eigenvalue weighted by Crippen LogP contribution is 2.30. The lowest BCUT2D eigenvalue weighted by Gasteiger charge is -2.37. The van der Waals surface area contributed by atoms with Gasteiger partial charge in [0, 0.05) is 30.7 Å². The van der Waals surface area contributed by atoms with Crippen LogP contribution in [-0.2, 0) is 4.79 Å². The third kappa shape index (κ3) is 4.37. The molecule has 1 atom stereocenters. The summed E-state index contributed by atoms with van der Waals surface area (Å²) < 4.78 is 7.80. The van der Waals surface area contributed by atoms with Gasteiger partial charge in [0.15, 0.2) is 6.61 Å². The second kappa shape index (κ2) is 8.59. The smallest absolute Gasteiger partial charge is 0.260 e. The van der Waals surface area contributed by atoms with E-state index in [0.717, 1.165) is 41.2 Å². The molecule has 1 unspecified atom stereocenters. The highest BCUT2D eigenvalue weighted by Gasteiger charge is 2.26. The van der Waals surface area contributed by atoms with Crippen LogP contribution in [0.3, 0.4) is 0 Å². The summed E-state index contributed by atoms with van der Waals surface area (Å²) in [4.78, 5) is 21.6. The molecule has 28 heavy (non-hydrogen) atoms. The van der Waals surface area contributed by atoms with Gasteiger partial charge in [-0.3, -0.25) is 9.69 Å². The number of halogens is 1. The fourth-order valence-electron chi connectivity index (χ4n) is 3.38. The third-order valence-electron chi connectivity index (χ3n) is 5.04. The van der Waals surface area contributed by atoms with Gasteiger partial charge in [-0.2, -0.15) is 0 Å². The number of carbonyl (C=O) groups excluding carboxylic acids is 1. The number of thiazole rings is 1. The number of aromatic nitrogens is 1. The van der Waals surface area contributed by atoms with Crippen molar-refractivity contribution >= 4 is 43.4 Å². The molecule has 0 N–H and O–H groups in total. The average Bonchev–Trinajstić information content (AvgIpc) is 3.16. The third-order valence-corrected chi connectivity index (χ3v) is 6.74. The molecule has 0 aliphatic carbocycles. The van der Waals surface area contributed by atoms with Crippen molar-refractivity contribution in [3.63, 3.8) is 0 Å². The van der Waals surface area contributed by atoms with Gasteiger partial charge in [-0.1, -0.05) is 34.1 Å². The summed E-state index contributed by atoms with van der Waals surface area (Å²) in [5.41, 5.74) is 1.06. The van der Waals surface area contributed by atoms with E-state index in [0.29, 0.717) is 5.75 Å². The molecule has 1 fully saturated rings. The number of fused-ring (bicyclic) bond motifs is 1. The van der Waals surface area contributed by atoms with Crippen molar-refractivity contribution in [1.29, 1.82) is 0 Å². The van der Waals surface area contributed by atoms with Crippen LogP contribution in [-0.4, -0.2) is 53.5 Å². The SMILES string of the molecule is CC(c1nc2ccccc2s1)N1CCN(C(=O)COc2cccc(Br)c2)CC1. The Morgan fingerprint density at radius 1 is 1.18 bits per heavy atom. The quantitative estimate of drug-likeness (QED) is 0.568. The largest absolute Gasteiger partial charge is 0.484 e. The second-order valence-corrected chi connectivity index (χ2v) is 8.84. The number of carbonyl (C=O) groups is 1. The maximum atomic E-state index is 12.5. The number of benzene rings is 2. The lowest BCUT2D eigenvalue weighted by molar-refractivity contribution is -0.135. The van der Waals surface area contributed by atoms with Crippen LogP contribution in [0.25, 0.3) is 10.2 Å². The summed E-state index contributed by atoms with van der Waals surface area (Å²) in [6, 6.07) is 16.1. The van der Waals surface area contributed by atoms with E-state index in [2.05, 4.69) is 46.0 Å². The molecular formula is C21H22BrN3O2S. The van der Waals surface area contributed by atoms with Gasteiger partial charge < -0.3 is 9.64 Å². The Morgan fingerprint density at radius 3 is 2.71 bits per heavy atom. The molecule has 2 aromatic carbocycles. The number of para-hydroxylation sites is 1. The zero-order valence-corrected chi connectivity index (χ0v) is 18.1. The number of rotatable bonds is 5. The van der Waals surface area contributed by atoms with Crippen LogP contribution < -0.4 is 4.74 Å². The van der Waals surface area contributed by atoms with Crippen molar-refractivity contribution in [2.24, 2.45) is 0 Å². The lowest BCUT2D eigenvalue weighted by atomic mass is 10.2. The van der Waals surface area contributed by atoms with E-state index in [9.17, 15) is 4.79 Å². The minimum atomic E-state index is 0.0345. The molecule has 7 heteroatoms. The molecule has 1 saturated heterocycles. The van der Waals surface area contributed by atoms with Crippen molar-refractivity contribution in [1.82, 2.24) is 14.8 Å². The van der Waals surface area contributed by atoms with Crippen LogP contribution in [0.1, 0.15) is 18.0 Å².